The molecular weight excluding hydrogens is 308 g/mol. The minimum Gasteiger partial charge on any atom is -0.376 e. The van der Waals surface area contributed by atoms with Crippen LogP contribution in [-0.2, 0) is 9.47 Å². The summed E-state index contributed by atoms with van der Waals surface area (Å²) in [6.45, 7) is 1.65. The molecule has 5 nitrogen and oxygen atoms in total. The molecule has 3 rings (SSSR count). The molecule has 2 aromatic heterocycles. The standard InChI is InChI=1S/C10H9BrN2O3S/c11-6-3-8(17-5-6)9-12-10(16-13-9)7-4-14-1-2-15-7/h3,5,7H,1-2,4H2/t7-/m1/s1. The van der Waals surface area contributed by atoms with Gasteiger partial charge in [0.1, 0.15) is 0 Å². The minimum atomic E-state index is -0.242. The number of ether oxygens (including phenoxy) is 2. The van der Waals surface area contributed by atoms with E-state index in [2.05, 4.69) is 26.1 Å². The van der Waals surface area contributed by atoms with E-state index in [1.807, 2.05) is 11.4 Å². The molecule has 2 aromatic rings. The smallest absolute Gasteiger partial charge is 0.258 e. The van der Waals surface area contributed by atoms with Gasteiger partial charge in [-0.05, 0) is 22.0 Å². The van der Waals surface area contributed by atoms with Gasteiger partial charge in [0.05, 0.1) is 24.7 Å². The fourth-order valence-corrected chi connectivity index (χ4v) is 2.88. The molecule has 1 aliphatic heterocycles. The lowest BCUT2D eigenvalue weighted by molar-refractivity contribution is -0.101. The van der Waals surface area contributed by atoms with Gasteiger partial charge in [-0.3, -0.25) is 0 Å². The Labute approximate surface area is 110 Å². The van der Waals surface area contributed by atoms with Crippen LogP contribution in [0.4, 0.5) is 0 Å². The highest BCUT2D eigenvalue weighted by atomic mass is 79.9. The van der Waals surface area contributed by atoms with E-state index < -0.39 is 0 Å². The van der Waals surface area contributed by atoms with Gasteiger partial charge < -0.3 is 14.0 Å². The van der Waals surface area contributed by atoms with Crippen molar-refractivity contribution in [3.63, 3.8) is 0 Å². The molecular formula is C10H9BrN2O3S. The summed E-state index contributed by atoms with van der Waals surface area (Å²) in [6, 6.07) is 1.96. The second kappa shape index (κ2) is 4.85. The number of aromatic nitrogens is 2. The Bertz CT molecular complexity index is 507. The van der Waals surface area contributed by atoms with Gasteiger partial charge in [0.25, 0.3) is 5.89 Å². The summed E-state index contributed by atoms with van der Waals surface area (Å²) in [5.74, 6) is 1.06. The molecule has 1 aliphatic rings. The average Bonchev–Trinajstić information content (AvgIpc) is 2.98. The summed E-state index contributed by atoms with van der Waals surface area (Å²) in [7, 11) is 0. The zero-order valence-corrected chi connectivity index (χ0v) is 11.2. The first-order valence-electron chi connectivity index (χ1n) is 5.10. The molecule has 0 N–H and O–H groups in total. The highest BCUT2D eigenvalue weighted by Crippen LogP contribution is 2.29. The molecule has 17 heavy (non-hydrogen) atoms. The molecule has 0 saturated carbocycles. The summed E-state index contributed by atoms with van der Waals surface area (Å²) >= 11 is 4.95. The van der Waals surface area contributed by atoms with Gasteiger partial charge in [-0.15, -0.1) is 11.3 Å². The highest BCUT2D eigenvalue weighted by molar-refractivity contribution is 9.10. The maximum absolute atomic E-state index is 5.49. The van der Waals surface area contributed by atoms with Crippen LogP contribution in [0.25, 0.3) is 10.7 Å². The fourth-order valence-electron chi connectivity index (χ4n) is 1.53. The molecule has 0 unspecified atom stereocenters. The van der Waals surface area contributed by atoms with Crippen molar-refractivity contribution in [3.05, 3.63) is 21.8 Å². The Morgan fingerprint density at radius 3 is 3.06 bits per heavy atom. The number of hydrogen-bond donors (Lipinski definition) is 0. The number of hydrogen-bond acceptors (Lipinski definition) is 6. The maximum atomic E-state index is 5.49. The molecule has 90 valence electrons. The second-order valence-corrected chi connectivity index (χ2v) is 5.35. The molecule has 0 radical (unpaired) electrons. The average molecular weight is 317 g/mol. The Balaban J connectivity index is 1.82. The summed E-state index contributed by atoms with van der Waals surface area (Å²) < 4.78 is 17.0. The van der Waals surface area contributed by atoms with Crippen LogP contribution in [0.15, 0.2) is 20.4 Å². The van der Waals surface area contributed by atoms with E-state index in [1.165, 1.54) is 0 Å². The highest BCUT2D eigenvalue weighted by Gasteiger charge is 2.23. The van der Waals surface area contributed by atoms with E-state index in [-0.39, 0.29) is 6.10 Å². The maximum Gasteiger partial charge on any atom is 0.258 e. The number of nitrogens with zero attached hydrogens (tertiary/aromatic N) is 2. The Morgan fingerprint density at radius 2 is 2.35 bits per heavy atom. The van der Waals surface area contributed by atoms with Crippen LogP contribution < -0.4 is 0 Å². The van der Waals surface area contributed by atoms with Gasteiger partial charge in [-0.25, -0.2) is 0 Å². The zero-order valence-electron chi connectivity index (χ0n) is 8.76. The van der Waals surface area contributed by atoms with Crippen LogP contribution in [0.2, 0.25) is 0 Å². The van der Waals surface area contributed by atoms with Crippen molar-refractivity contribution < 1.29 is 14.0 Å². The van der Waals surface area contributed by atoms with Gasteiger partial charge in [0, 0.05) is 9.85 Å². The lowest BCUT2D eigenvalue weighted by atomic mass is 10.3. The van der Waals surface area contributed by atoms with Gasteiger partial charge in [-0.1, -0.05) is 5.16 Å². The minimum absolute atomic E-state index is 0.242. The van der Waals surface area contributed by atoms with Crippen molar-refractivity contribution >= 4 is 27.3 Å². The predicted octanol–water partition coefficient (Wildman–Crippen LogP) is 2.65. The van der Waals surface area contributed by atoms with E-state index in [0.717, 1.165) is 9.35 Å². The second-order valence-electron chi connectivity index (χ2n) is 3.52. The molecule has 1 atom stereocenters. The summed E-state index contributed by atoms with van der Waals surface area (Å²) in [6.07, 6.45) is -0.242. The molecule has 3 heterocycles. The molecule has 0 amide bonds. The third kappa shape index (κ3) is 2.42. The Hall–Kier alpha value is -0.760. The van der Waals surface area contributed by atoms with Crippen molar-refractivity contribution in [1.29, 1.82) is 0 Å². The van der Waals surface area contributed by atoms with Crippen molar-refractivity contribution in [1.82, 2.24) is 10.1 Å². The van der Waals surface area contributed by atoms with E-state index in [9.17, 15) is 0 Å². The van der Waals surface area contributed by atoms with E-state index in [1.54, 1.807) is 11.3 Å². The molecule has 7 heteroatoms. The third-order valence-corrected chi connectivity index (χ3v) is 4.01. The monoisotopic (exact) mass is 316 g/mol. The predicted molar refractivity (Wildman–Crippen MR) is 64.8 cm³/mol. The topological polar surface area (TPSA) is 57.4 Å². The summed E-state index contributed by atoms with van der Waals surface area (Å²) in [4.78, 5) is 5.29. The number of rotatable bonds is 2. The van der Waals surface area contributed by atoms with Crippen molar-refractivity contribution in [2.45, 2.75) is 6.10 Å². The zero-order chi connectivity index (χ0) is 11.7. The van der Waals surface area contributed by atoms with Crippen LogP contribution in [0.1, 0.15) is 12.0 Å². The summed E-state index contributed by atoms with van der Waals surface area (Å²) in [5.41, 5.74) is 0. The number of halogens is 1. The van der Waals surface area contributed by atoms with Crippen molar-refractivity contribution in [2.75, 3.05) is 19.8 Å². The number of thiophene rings is 1. The van der Waals surface area contributed by atoms with Crippen LogP contribution in [0.3, 0.4) is 0 Å². The van der Waals surface area contributed by atoms with E-state index in [0.29, 0.717) is 31.5 Å². The quantitative estimate of drug-likeness (QED) is 0.852. The molecule has 0 spiro atoms. The van der Waals surface area contributed by atoms with Crippen LogP contribution in [0, 0.1) is 0 Å². The lowest BCUT2D eigenvalue weighted by Crippen LogP contribution is -2.22. The van der Waals surface area contributed by atoms with Gasteiger partial charge in [0.2, 0.25) is 5.82 Å². The normalized spacial score (nSPS) is 20.6. The first-order valence-corrected chi connectivity index (χ1v) is 6.77. The third-order valence-electron chi connectivity index (χ3n) is 2.32. The Morgan fingerprint density at radius 1 is 1.41 bits per heavy atom. The van der Waals surface area contributed by atoms with E-state index >= 15 is 0 Å². The Kier molecular flexibility index (Phi) is 3.24. The first kappa shape index (κ1) is 11.3. The van der Waals surface area contributed by atoms with Gasteiger partial charge in [-0.2, -0.15) is 4.98 Å². The van der Waals surface area contributed by atoms with Crippen molar-refractivity contribution in [2.24, 2.45) is 0 Å². The first-order chi connectivity index (χ1) is 8.33. The SMILES string of the molecule is Brc1csc(-c2noc([C@H]3COCCO3)n2)c1. The largest absolute Gasteiger partial charge is 0.376 e. The lowest BCUT2D eigenvalue weighted by Gasteiger charge is -2.19. The molecule has 1 fully saturated rings. The van der Waals surface area contributed by atoms with Gasteiger partial charge in [0.15, 0.2) is 6.10 Å². The van der Waals surface area contributed by atoms with Crippen molar-refractivity contribution in [3.8, 4) is 10.7 Å². The van der Waals surface area contributed by atoms with E-state index in [4.69, 9.17) is 14.0 Å². The molecule has 1 saturated heterocycles. The molecule has 0 aliphatic carbocycles. The summed E-state index contributed by atoms with van der Waals surface area (Å²) in [5, 5.41) is 5.92. The molecule has 0 aromatic carbocycles. The van der Waals surface area contributed by atoms with Crippen LogP contribution >= 0.6 is 27.3 Å². The fraction of sp³-hybridized carbons (Fsp3) is 0.400. The van der Waals surface area contributed by atoms with Crippen LogP contribution in [0.5, 0.6) is 0 Å². The molecule has 0 bridgehead atoms. The van der Waals surface area contributed by atoms with Gasteiger partial charge >= 0.3 is 0 Å². The van der Waals surface area contributed by atoms with Crippen LogP contribution in [-0.4, -0.2) is 30.0 Å².